The lowest BCUT2D eigenvalue weighted by atomic mass is 9.93. The molecule has 0 rings (SSSR count). The molecular weight excluding hydrogens is 231 g/mol. The van der Waals surface area contributed by atoms with Crippen LogP contribution < -0.4 is 11.0 Å². The van der Waals surface area contributed by atoms with E-state index in [1.165, 1.54) is 6.92 Å². The maximum atomic E-state index is 11.3. The van der Waals surface area contributed by atoms with Crippen LogP contribution in [0.25, 0.3) is 0 Å². The number of hydrogen-bond donors (Lipinski definition) is 2. The van der Waals surface area contributed by atoms with Crippen LogP contribution >= 0.6 is 7.67 Å². The fourth-order valence-electron chi connectivity index (χ4n) is 0.865. The molecule has 0 unspecified atom stereocenters. The number of carbonyl (C=O) groups is 1. The Kier molecular flexibility index (Phi) is 5.62. The van der Waals surface area contributed by atoms with E-state index in [0.717, 1.165) is 6.42 Å². The highest BCUT2D eigenvalue weighted by Crippen LogP contribution is 2.29. The third-order valence-corrected chi connectivity index (χ3v) is 2.40. The van der Waals surface area contributed by atoms with Crippen LogP contribution in [0, 0.1) is 5.41 Å². The highest BCUT2D eigenvalue weighted by atomic mass is 31.2. The Morgan fingerprint density at radius 2 is 1.88 bits per heavy atom. The summed E-state index contributed by atoms with van der Waals surface area (Å²) in [5.41, 5.74) is 10.0. The lowest BCUT2D eigenvalue weighted by Crippen LogP contribution is -2.26. The van der Waals surface area contributed by atoms with Crippen LogP contribution in [0.5, 0.6) is 0 Å². The zero-order valence-electron chi connectivity index (χ0n) is 10.2. The molecule has 16 heavy (non-hydrogen) atoms. The molecular formula is C9H21N2O4P. The van der Waals surface area contributed by atoms with Crippen LogP contribution in [0.3, 0.4) is 0 Å². The van der Waals surface area contributed by atoms with Gasteiger partial charge in [-0.1, -0.05) is 20.8 Å². The van der Waals surface area contributed by atoms with E-state index in [0.29, 0.717) is 0 Å². The molecule has 1 atom stereocenters. The largest absolute Gasteiger partial charge is 0.464 e. The van der Waals surface area contributed by atoms with Gasteiger partial charge in [-0.2, -0.15) is 0 Å². The van der Waals surface area contributed by atoms with Gasteiger partial charge in [0.15, 0.2) is 6.10 Å². The molecule has 0 bridgehead atoms. The van der Waals surface area contributed by atoms with Crippen molar-refractivity contribution in [2.75, 3.05) is 6.61 Å². The summed E-state index contributed by atoms with van der Waals surface area (Å²) in [6.07, 6.45) is -0.283. The average molecular weight is 252 g/mol. The van der Waals surface area contributed by atoms with E-state index in [2.05, 4.69) is 4.52 Å². The summed E-state index contributed by atoms with van der Waals surface area (Å²) in [5, 5.41) is 0. The molecule has 96 valence electrons. The van der Waals surface area contributed by atoms with Gasteiger partial charge in [0.1, 0.15) is 0 Å². The van der Waals surface area contributed by atoms with Crippen molar-refractivity contribution in [3.8, 4) is 0 Å². The minimum atomic E-state index is -3.64. The summed E-state index contributed by atoms with van der Waals surface area (Å²) in [5.74, 6) is -0.611. The molecule has 0 radical (unpaired) electrons. The van der Waals surface area contributed by atoms with Crippen LogP contribution in [-0.2, 0) is 18.6 Å². The summed E-state index contributed by atoms with van der Waals surface area (Å²) < 4.78 is 20.4. The summed E-state index contributed by atoms with van der Waals surface area (Å²) in [4.78, 5) is 11.3. The van der Waals surface area contributed by atoms with Crippen molar-refractivity contribution in [3.63, 3.8) is 0 Å². The number of carbonyl (C=O) groups excluding carboxylic acids is 1. The van der Waals surface area contributed by atoms with Crippen molar-refractivity contribution in [1.29, 1.82) is 0 Å². The van der Waals surface area contributed by atoms with E-state index in [9.17, 15) is 9.36 Å². The standard InChI is InChI=1S/C9H21N2O4P/c1-7(15-16(10,11)13)8(12)14-6-5-9(2,3)4/h7H,5-6H2,1-4H3,(H4,10,11,13)/t7-/m0/s1. The second-order valence-electron chi connectivity index (χ2n) is 4.87. The fraction of sp³-hybridized carbons (Fsp3) is 0.889. The van der Waals surface area contributed by atoms with Crippen LogP contribution in [-0.4, -0.2) is 18.7 Å². The maximum absolute atomic E-state index is 11.3. The first-order valence-electron chi connectivity index (χ1n) is 5.03. The lowest BCUT2D eigenvalue weighted by Gasteiger charge is -2.19. The molecule has 0 aromatic heterocycles. The summed E-state index contributed by atoms with van der Waals surface area (Å²) in [6.45, 7) is 7.79. The molecule has 6 nitrogen and oxygen atoms in total. The Morgan fingerprint density at radius 1 is 1.38 bits per heavy atom. The first-order valence-corrected chi connectivity index (χ1v) is 6.80. The van der Waals surface area contributed by atoms with Crippen molar-refractivity contribution in [2.24, 2.45) is 16.4 Å². The van der Waals surface area contributed by atoms with Gasteiger partial charge in [-0.25, -0.2) is 15.8 Å². The zero-order valence-corrected chi connectivity index (χ0v) is 11.1. The molecule has 0 aliphatic rings. The molecule has 7 heteroatoms. The van der Waals surface area contributed by atoms with Crippen LogP contribution in [0.4, 0.5) is 0 Å². The molecule has 0 aliphatic heterocycles. The first kappa shape index (κ1) is 15.6. The zero-order chi connectivity index (χ0) is 13.0. The van der Waals surface area contributed by atoms with Crippen molar-refractivity contribution in [3.05, 3.63) is 0 Å². The Labute approximate surface area is 96.2 Å². The van der Waals surface area contributed by atoms with Gasteiger partial charge in [0.05, 0.1) is 6.61 Å². The van der Waals surface area contributed by atoms with Gasteiger partial charge in [0, 0.05) is 0 Å². The quantitative estimate of drug-likeness (QED) is 0.566. The van der Waals surface area contributed by atoms with E-state index in [1.54, 1.807) is 0 Å². The van der Waals surface area contributed by atoms with Gasteiger partial charge in [-0.15, -0.1) is 0 Å². The summed E-state index contributed by atoms with van der Waals surface area (Å²) in [7, 11) is -3.64. The Hall–Kier alpha value is -0.420. The van der Waals surface area contributed by atoms with Crippen molar-refractivity contribution >= 4 is 13.6 Å². The summed E-state index contributed by atoms with van der Waals surface area (Å²) >= 11 is 0. The Balaban J connectivity index is 3.94. The van der Waals surface area contributed by atoms with E-state index in [1.807, 2.05) is 20.8 Å². The predicted octanol–water partition coefficient (Wildman–Crippen LogP) is 1.40. The molecule has 0 fully saturated rings. The second-order valence-corrected chi connectivity index (χ2v) is 6.37. The van der Waals surface area contributed by atoms with Gasteiger partial charge in [0.25, 0.3) is 0 Å². The average Bonchev–Trinajstić information content (AvgIpc) is 1.98. The number of rotatable bonds is 5. The summed E-state index contributed by atoms with van der Waals surface area (Å²) in [6, 6.07) is 0. The number of hydrogen-bond acceptors (Lipinski definition) is 4. The van der Waals surface area contributed by atoms with E-state index < -0.39 is 19.7 Å². The van der Waals surface area contributed by atoms with Crippen LogP contribution in [0.15, 0.2) is 0 Å². The predicted molar refractivity (Wildman–Crippen MR) is 61.6 cm³/mol. The van der Waals surface area contributed by atoms with Crippen molar-refractivity contribution < 1.29 is 18.6 Å². The molecule has 0 saturated heterocycles. The highest BCUT2D eigenvalue weighted by Gasteiger charge is 2.23. The van der Waals surface area contributed by atoms with E-state index >= 15 is 0 Å². The van der Waals surface area contributed by atoms with E-state index in [-0.39, 0.29) is 12.0 Å². The number of esters is 1. The van der Waals surface area contributed by atoms with Gasteiger partial charge in [0.2, 0.25) is 0 Å². The molecule has 0 aromatic carbocycles. The molecule has 0 heterocycles. The Morgan fingerprint density at radius 3 is 2.25 bits per heavy atom. The molecule has 0 aromatic rings. The molecule has 0 aliphatic carbocycles. The first-order chi connectivity index (χ1) is 7.01. The third-order valence-electron chi connectivity index (χ3n) is 1.75. The number of ether oxygens (including phenoxy) is 1. The maximum Gasteiger partial charge on any atom is 0.336 e. The normalized spacial score (nSPS) is 14.6. The van der Waals surface area contributed by atoms with Crippen LogP contribution in [0.2, 0.25) is 0 Å². The van der Waals surface area contributed by atoms with Gasteiger partial charge >= 0.3 is 13.6 Å². The molecule has 4 N–H and O–H groups in total. The molecule has 0 saturated carbocycles. The third kappa shape index (κ3) is 8.85. The fourth-order valence-corrected chi connectivity index (χ4v) is 1.45. The molecule has 0 amide bonds. The Bertz CT molecular complexity index is 282. The second kappa shape index (κ2) is 5.77. The van der Waals surface area contributed by atoms with E-state index in [4.69, 9.17) is 15.7 Å². The van der Waals surface area contributed by atoms with Crippen molar-refractivity contribution in [2.45, 2.75) is 40.2 Å². The topological polar surface area (TPSA) is 105 Å². The van der Waals surface area contributed by atoms with Gasteiger partial charge < -0.3 is 4.74 Å². The van der Waals surface area contributed by atoms with Gasteiger partial charge in [-0.3, -0.25) is 9.09 Å². The molecule has 0 spiro atoms. The smallest absolute Gasteiger partial charge is 0.336 e. The van der Waals surface area contributed by atoms with Crippen molar-refractivity contribution in [1.82, 2.24) is 0 Å². The highest BCUT2D eigenvalue weighted by molar-refractivity contribution is 7.53. The van der Waals surface area contributed by atoms with Gasteiger partial charge in [-0.05, 0) is 18.8 Å². The SMILES string of the molecule is C[C@H](OP(N)(N)=O)C(=O)OCCC(C)(C)C. The number of nitrogens with two attached hydrogens (primary N) is 2. The minimum absolute atomic E-state index is 0.0847. The minimum Gasteiger partial charge on any atom is -0.464 e. The monoisotopic (exact) mass is 252 g/mol. The van der Waals surface area contributed by atoms with Crippen LogP contribution in [0.1, 0.15) is 34.1 Å². The lowest BCUT2D eigenvalue weighted by molar-refractivity contribution is -0.151.